The van der Waals surface area contributed by atoms with Crippen molar-refractivity contribution in [1.29, 1.82) is 0 Å². The van der Waals surface area contributed by atoms with E-state index >= 15 is 0 Å². The first-order valence-corrected chi connectivity index (χ1v) is 7.04. The molecule has 5 nitrogen and oxygen atoms in total. The zero-order chi connectivity index (χ0) is 13.3. The summed E-state index contributed by atoms with van der Waals surface area (Å²) in [4.78, 5) is 16.4. The Kier molecular flexibility index (Phi) is 3.31. The van der Waals surface area contributed by atoms with E-state index in [0.717, 1.165) is 32.4 Å². The minimum absolute atomic E-state index is 0.0209. The van der Waals surface area contributed by atoms with Crippen LogP contribution in [0.2, 0.25) is 0 Å². The van der Waals surface area contributed by atoms with Crippen molar-refractivity contribution in [2.45, 2.75) is 38.1 Å². The van der Waals surface area contributed by atoms with Crippen LogP contribution in [0.25, 0.3) is 0 Å². The summed E-state index contributed by atoms with van der Waals surface area (Å²) in [5.41, 5.74) is 0.345. The van der Waals surface area contributed by atoms with Crippen molar-refractivity contribution < 1.29 is 4.74 Å². The Morgan fingerprint density at radius 1 is 1.53 bits per heavy atom. The average Bonchev–Trinajstić information content (AvgIpc) is 3.30. The third-order valence-corrected chi connectivity index (χ3v) is 4.23. The van der Waals surface area contributed by atoms with Gasteiger partial charge in [0.15, 0.2) is 5.82 Å². The van der Waals surface area contributed by atoms with Crippen LogP contribution in [0.1, 0.15) is 38.1 Å². The molecule has 0 radical (unpaired) electrons. The first kappa shape index (κ1) is 12.7. The first-order chi connectivity index (χ1) is 9.24. The summed E-state index contributed by atoms with van der Waals surface area (Å²) < 4.78 is 6.95. The second-order valence-electron chi connectivity index (χ2n) is 5.82. The molecule has 104 valence electrons. The number of methoxy groups -OCH3 is 1. The van der Waals surface area contributed by atoms with Crippen LogP contribution in [0, 0.1) is 5.41 Å². The monoisotopic (exact) mass is 263 g/mol. The number of anilines is 1. The lowest BCUT2D eigenvalue weighted by atomic mass is 10.0. The summed E-state index contributed by atoms with van der Waals surface area (Å²) in [5, 5.41) is 3.25. The number of hydrogen-bond donors (Lipinski definition) is 1. The standard InChI is InChI=1S/C14H21N3O2/c1-19-9-6-14(4-5-14)10-16-12-13(18)17(8-7-15-12)11-2-3-11/h7-8,11H,2-6,9-10H2,1H3,(H,15,16). The van der Waals surface area contributed by atoms with Crippen LogP contribution in [-0.4, -0.2) is 29.8 Å². The Morgan fingerprint density at radius 3 is 2.95 bits per heavy atom. The van der Waals surface area contributed by atoms with Crippen LogP contribution in [-0.2, 0) is 4.74 Å². The molecule has 0 bridgehead atoms. The maximum absolute atomic E-state index is 12.2. The lowest BCUT2D eigenvalue weighted by molar-refractivity contribution is 0.175. The van der Waals surface area contributed by atoms with Gasteiger partial charge in [-0.1, -0.05) is 0 Å². The number of rotatable bonds is 7. The second-order valence-corrected chi connectivity index (χ2v) is 5.82. The second kappa shape index (κ2) is 4.96. The van der Waals surface area contributed by atoms with E-state index in [1.165, 1.54) is 12.8 Å². The van der Waals surface area contributed by atoms with Crippen LogP contribution < -0.4 is 10.9 Å². The van der Waals surface area contributed by atoms with E-state index < -0.39 is 0 Å². The highest BCUT2D eigenvalue weighted by atomic mass is 16.5. The van der Waals surface area contributed by atoms with E-state index in [9.17, 15) is 4.79 Å². The van der Waals surface area contributed by atoms with E-state index in [0.29, 0.717) is 17.3 Å². The molecule has 1 aromatic heterocycles. The van der Waals surface area contributed by atoms with Gasteiger partial charge in [-0.2, -0.15) is 0 Å². The van der Waals surface area contributed by atoms with Crippen molar-refractivity contribution in [3.05, 3.63) is 22.7 Å². The molecule has 1 N–H and O–H groups in total. The molecule has 5 heteroatoms. The molecule has 1 heterocycles. The molecule has 2 aliphatic rings. The predicted octanol–water partition coefficient (Wildman–Crippen LogP) is 1.81. The fraction of sp³-hybridized carbons (Fsp3) is 0.714. The normalized spacial score (nSPS) is 20.3. The molecule has 2 aliphatic carbocycles. The van der Waals surface area contributed by atoms with E-state index in [1.54, 1.807) is 19.5 Å². The highest BCUT2D eigenvalue weighted by molar-refractivity contribution is 5.32. The lowest BCUT2D eigenvalue weighted by Crippen LogP contribution is -2.26. The van der Waals surface area contributed by atoms with Gasteiger partial charge in [-0.05, 0) is 37.5 Å². The zero-order valence-corrected chi connectivity index (χ0v) is 11.4. The lowest BCUT2D eigenvalue weighted by Gasteiger charge is -2.16. The molecule has 0 unspecified atom stereocenters. The summed E-state index contributed by atoms with van der Waals surface area (Å²) in [6.07, 6.45) is 9.22. The minimum atomic E-state index is 0.0209. The van der Waals surface area contributed by atoms with Crippen LogP contribution in [0.3, 0.4) is 0 Å². The van der Waals surface area contributed by atoms with Crippen molar-refractivity contribution in [2.75, 3.05) is 25.6 Å². The average molecular weight is 263 g/mol. The molecule has 3 rings (SSSR count). The Labute approximate surface area is 113 Å². The van der Waals surface area contributed by atoms with Crippen molar-refractivity contribution >= 4 is 5.82 Å². The SMILES string of the molecule is COCCC1(CNc2nccn(C3CC3)c2=O)CC1. The van der Waals surface area contributed by atoms with Gasteiger partial charge in [0.2, 0.25) is 0 Å². The molecule has 0 saturated heterocycles. The van der Waals surface area contributed by atoms with Gasteiger partial charge in [0.05, 0.1) is 0 Å². The van der Waals surface area contributed by atoms with Gasteiger partial charge in [-0.3, -0.25) is 4.79 Å². The third kappa shape index (κ3) is 2.81. The van der Waals surface area contributed by atoms with E-state index in [2.05, 4.69) is 10.3 Å². The maximum atomic E-state index is 12.2. The summed E-state index contributed by atoms with van der Waals surface area (Å²) in [7, 11) is 1.73. The van der Waals surface area contributed by atoms with E-state index in [1.807, 2.05) is 4.57 Å². The minimum Gasteiger partial charge on any atom is -0.385 e. The zero-order valence-electron chi connectivity index (χ0n) is 11.4. The number of hydrogen-bond acceptors (Lipinski definition) is 4. The fourth-order valence-electron chi connectivity index (χ4n) is 2.47. The van der Waals surface area contributed by atoms with Crippen LogP contribution in [0.4, 0.5) is 5.82 Å². The highest BCUT2D eigenvalue weighted by Crippen LogP contribution is 2.48. The molecular weight excluding hydrogens is 242 g/mol. The van der Waals surface area contributed by atoms with Crippen molar-refractivity contribution in [1.82, 2.24) is 9.55 Å². The Morgan fingerprint density at radius 2 is 2.32 bits per heavy atom. The first-order valence-electron chi connectivity index (χ1n) is 7.04. The maximum Gasteiger partial charge on any atom is 0.293 e. The highest BCUT2D eigenvalue weighted by Gasteiger charge is 2.42. The predicted molar refractivity (Wildman–Crippen MR) is 73.4 cm³/mol. The molecule has 0 atom stereocenters. The van der Waals surface area contributed by atoms with Gasteiger partial charge in [0, 0.05) is 38.7 Å². The van der Waals surface area contributed by atoms with Crippen LogP contribution in [0.15, 0.2) is 17.2 Å². The molecule has 19 heavy (non-hydrogen) atoms. The molecule has 0 amide bonds. The number of nitrogens with one attached hydrogen (secondary N) is 1. The van der Waals surface area contributed by atoms with E-state index in [4.69, 9.17) is 4.74 Å². The molecule has 0 aromatic carbocycles. The van der Waals surface area contributed by atoms with Gasteiger partial charge in [0.25, 0.3) is 5.56 Å². The quantitative estimate of drug-likeness (QED) is 0.815. The molecule has 2 saturated carbocycles. The Bertz CT molecular complexity index is 504. The number of nitrogens with zero attached hydrogens (tertiary/aromatic N) is 2. The number of aromatic nitrogens is 2. The van der Waals surface area contributed by atoms with Crippen LogP contribution >= 0.6 is 0 Å². The van der Waals surface area contributed by atoms with Gasteiger partial charge in [0.1, 0.15) is 0 Å². The van der Waals surface area contributed by atoms with Crippen molar-refractivity contribution in [2.24, 2.45) is 5.41 Å². The molecular formula is C14H21N3O2. The van der Waals surface area contributed by atoms with Crippen molar-refractivity contribution in [3.63, 3.8) is 0 Å². The topological polar surface area (TPSA) is 56.1 Å². The molecule has 1 aromatic rings. The van der Waals surface area contributed by atoms with E-state index in [-0.39, 0.29) is 5.56 Å². The fourth-order valence-corrected chi connectivity index (χ4v) is 2.47. The summed E-state index contributed by atoms with van der Waals surface area (Å²) >= 11 is 0. The molecule has 0 spiro atoms. The van der Waals surface area contributed by atoms with Gasteiger partial charge in [-0.25, -0.2) is 4.98 Å². The molecule has 0 aliphatic heterocycles. The van der Waals surface area contributed by atoms with Crippen molar-refractivity contribution in [3.8, 4) is 0 Å². The van der Waals surface area contributed by atoms with Gasteiger partial charge in [-0.15, -0.1) is 0 Å². The Hall–Kier alpha value is -1.36. The molecule has 2 fully saturated rings. The van der Waals surface area contributed by atoms with Gasteiger partial charge < -0.3 is 14.6 Å². The van der Waals surface area contributed by atoms with Gasteiger partial charge >= 0.3 is 0 Å². The summed E-state index contributed by atoms with van der Waals surface area (Å²) in [6.45, 7) is 1.61. The summed E-state index contributed by atoms with van der Waals surface area (Å²) in [6, 6.07) is 0.402. The largest absolute Gasteiger partial charge is 0.385 e. The number of ether oxygens (including phenoxy) is 1. The smallest absolute Gasteiger partial charge is 0.293 e. The third-order valence-electron chi connectivity index (χ3n) is 4.23. The summed E-state index contributed by atoms with van der Waals surface area (Å²) in [5.74, 6) is 0.498. The Balaban J connectivity index is 1.64. The van der Waals surface area contributed by atoms with Crippen LogP contribution in [0.5, 0.6) is 0 Å².